The normalized spacial score (nSPS) is 14.4. The van der Waals surface area contributed by atoms with Gasteiger partial charge in [-0.25, -0.2) is 8.42 Å². The SMILES string of the molecule is Cc1ccc(CN(CC(=O)N2CCN(c3cccc(Cl)c3)CC2)S(=O)(=O)c2ccccc2)cc1. The van der Waals surface area contributed by atoms with Gasteiger partial charge in [-0.3, -0.25) is 4.79 Å². The van der Waals surface area contributed by atoms with Crippen molar-refractivity contribution in [3.63, 3.8) is 0 Å². The van der Waals surface area contributed by atoms with Crippen molar-refractivity contribution in [1.29, 1.82) is 0 Å². The van der Waals surface area contributed by atoms with Gasteiger partial charge in [-0.1, -0.05) is 65.7 Å². The molecule has 6 nitrogen and oxygen atoms in total. The Hall–Kier alpha value is -2.87. The topological polar surface area (TPSA) is 60.9 Å². The lowest BCUT2D eigenvalue weighted by molar-refractivity contribution is -0.131. The van der Waals surface area contributed by atoms with Crippen LogP contribution in [0.25, 0.3) is 0 Å². The Morgan fingerprint density at radius 3 is 2.24 bits per heavy atom. The van der Waals surface area contributed by atoms with E-state index in [0.29, 0.717) is 31.2 Å². The molecule has 0 saturated carbocycles. The second kappa shape index (κ2) is 10.6. The van der Waals surface area contributed by atoms with Gasteiger partial charge in [-0.2, -0.15) is 4.31 Å². The zero-order valence-corrected chi connectivity index (χ0v) is 20.7. The molecular weight excluding hydrogens is 470 g/mol. The molecule has 3 aromatic rings. The first-order valence-electron chi connectivity index (χ1n) is 11.2. The van der Waals surface area contributed by atoms with E-state index in [1.807, 2.05) is 55.5 Å². The van der Waals surface area contributed by atoms with Gasteiger partial charge in [-0.05, 0) is 42.8 Å². The van der Waals surface area contributed by atoms with Gasteiger partial charge in [0, 0.05) is 43.4 Å². The monoisotopic (exact) mass is 497 g/mol. The summed E-state index contributed by atoms with van der Waals surface area (Å²) < 4.78 is 28.1. The first-order chi connectivity index (χ1) is 16.3. The van der Waals surface area contributed by atoms with E-state index in [-0.39, 0.29) is 23.9 Å². The number of aryl methyl sites for hydroxylation is 1. The maximum atomic E-state index is 13.4. The highest BCUT2D eigenvalue weighted by Crippen LogP contribution is 2.22. The molecule has 0 radical (unpaired) electrons. The minimum Gasteiger partial charge on any atom is -0.368 e. The second-order valence-corrected chi connectivity index (χ2v) is 10.8. The van der Waals surface area contributed by atoms with Crippen LogP contribution in [-0.2, 0) is 21.4 Å². The first kappa shape index (κ1) is 24.3. The van der Waals surface area contributed by atoms with E-state index < -0.39 is 10.0 Å². The molecule has 34 heavy (non-hydrogen) atoms. The summed E-state index contributed by atoms with van der Waals surface area (Å²) in [5.41, 5.74) is 2.95. The van der Waals surface area contributed by atoms with Crippen LogP contribution in [0.3, 0.4) is 0 Å². The van der Waals surface area contributed by atoms with Crippen molar-refractivity contribution in [2.45, 2.75) is 18.4 Å². The zero-order valence-electron chi connectivity index (χ0n) is 19.1. The van der Waals surface area contributed by atoms with E-state index in [1.165, 1.54) is 4.31 Å². The lowest BCUT2D eigenvalue weighted by Gasteiger charge is -2.37. The molecule has 3 aromatic carbocycles. The molecule has 0 aromatic heterocycles. The molecule has 1 fully saturated rings. The molecule has 0 spiro atoms. The van der Waals surface area contributed by atoms with Crippen LogP contribution in [0, 0.1) is 6.92 Å². The van der Waals surface area contributed by atoms with E-state index in [2.05, 4.69) is 4.90 Å². The molecule has 1 aliphatic rings. The summed E-state index contributed by atoms with van der Waals surface area (Å²) in [5.74, 6) is -0.197. The number of rotatable bonds is 7. The molecule has 0 N–H and O–H groups in total. The predicted octanol–water partition coefficient (Wildman–Crippen LogP) is 4.19. The largest absolute Gasteiger partial charge is 0.368 e. The number of sulfonamides is 1. The smallest absolute Gasteiger partial charge is 0.243 e. The van der Waals surface area contributed by atoms with E-state index in [9.17, 15) is 13.2 Å². The van der Waals surface area contributed by atoms with Crippen LogP contribution in [-0.4, -0.2) is 56.3 Å². The van der Waals surface area contributed by atoms with Gasteiger partial charge in [0.25, 0.3) is 0 Å². The number of hydrogen-bond acceptors (Lipinski definition) is 4. The minimum atomic E-state index is -3.84. The van der Waals surface area contributed by atoms with Crippen LogP contribution in [0.5, 0.6) is 0 Å². The Balaban J connectivity index is 1.48. The molecule has 1 heterocycles. The molecule has 8 heteroatoms. The Kier molecular flexibility index (Phi) is 7.56. The van der Waals surface area contributed by atoms with Crippen LogP contribution < -0.4 is 4.90 Å². The summed E-state index contributed by atoms with van der Waals surface area (Å²) in [4.78, 5) is 17.3. The van der Waals surface area contributed by atoms with Gasteiger partial charge in [0.1, 0.15) is 0 Å². The standard InChI is InChI=1S/C26H28ClN3O3S/c1-21-10-12-22(13-11-21)19-30(34(32,33)25-8-3-2-4-9-25)20-26(31)29-16-14-28(15-17-29)24-7-5-6-23(27)18-24/h2-13,18H,14-17,19-20H2,1H3. The quantitative estimate of drug-likeness (QED) is 0.491. The number of benzene rings is 3. The van der Waals surface area contributed by atoms with Gasteiger partial charge >= 0.3 is 0 Å². The third-order valence-electron chi connectivity index (χ3n) is 5.98. The fourth-order valence-electron chi connectivity index (χ4n) is 4.00. The number of anilines is 1. The van der Waals surface area contributed by atoms with Gasteiger partial charge in [0.15, 0.2) is 0 Å². The van der Waals surface area contributed by atoms with Crippen LogP contribution in [0.4, 0.5) is 5.69 Å². The number of amides is 1. The van der Waals surface area contributed by atoms with Gasteiger partial charge in [0.2, 0.25) is 15.9 Å². The molecule has 1 amide bonds. The molecule has 1 aliphatic heterocycles. The Labute approximate surface area is 206 Å². The summed E-state index contributed by atoms with van der Waals surface area (Å²) in [6, 6.07) is 23.6. The van der Waals surface area contributed by atoms with Crippen LogP contribution in [0.15, 0.2) is 83.8 Å². The zero-order chi connectivity index (χ0) is 24.1. The molecular formula is C26H28ClN3O3S. The van der Waals surface area contributed by atoms with E-state index in [0.717, 1.165) is 16.8 Å². The average Bonchev–Trinajstić information content (AvgIpc) is 2.85. The van der Waals surface area contributed by atoms with Crippen LogP contribution in [0.2, 0.25) is 5.02 Å². The highest BCUT2D eigenvalue weighted by atomic mass is 35.5. The Morgan fingerprint density at radius 2 is 1.59 bits per heavy atom. The summed E-state index contributed by atoms with van der Waals surface area (Å²) in [6.07, 6.45) is 0. The molecule has 0 atom stereocenters. The number of hydrogen-bond donors (Lipinski definition) is 0. The van der Waals surface area contributed by atoms with Crippen molar-refractivity contribution < 1.29 is 13.2 Å². The molecule has 1 saturated heterocycles. The second-order valence-electron chi connectivity index (χ2n) is 8.42. The van der Waals surface area contributed by atoms with Crippen molar-refractivity contribution in [1.82, 2.24) is 9.21 Å². The third-order valence-corrected chi connectivity index (χ3v) is 8.02. The lowest BCUT2D eigenvalue weighted by Crippen LogP contribution is -2.51. The maximum absolute atomic E-state index is 13.4. The average molecular weight is 498 g/mol. The van der Waals surface area contributed by atoms with Crippen molar-refractivity contribution in [2.75, 3.05) is 37.6 Å². The van der Waals surface area contributed by atoms with Gasteiger partial charge < -0.3 is 9.80 Å². The number of carbonyl (C=O) groups is 1. The number of carbonyl (C=O) groups excluding carboxylic acids is 1. The fraction of sp³-hybridized carbons (Fsp3) is 0.269. The third kappa shape index (κ3) is 5.78. The van der Waals surface area contributed by atoms with E-state index in [4.69, 9.17) is 11.6 Å². The van der Waals surface area contributed by atoms with Crippen LogP contribution >= 0.6 is 11.6 Å². The van der Waals surface area contributed by atoms with Gasteiger partial charge in [-0.15, -0.1) is 0 Å². The molecule has 4 rings (SSSR count). The summed E-state index contributed by atoms with van der Waals surface area (Å²) in [5, 5.41) is 0.675. The Bertz CT molecular complexity index is 1230. The molecule has 178 valence electrons. The van der Waals surface area contributed by atoms with Crippen molar-refractivity contribution in [3.8, 4) is 0 Å². The molecule has 0 unspecified atom stereocenters. The number of halogens is 1. The first-order valence-corrected chi connectivity index (χ1v) is 13.0. The number of nitrogens with zero attached hydrogens (tertiary/aromatic N) is 3. The summed E-state index contributed by atoms with van der Waals surface area (Å²) in [7, 11) is -3.84. The van der Waals surface area contributed by atoms with Crippen molar-refractivity contribution in [3.05, 3.63) is 95.0 Å². The summed E-state index contributed by atoms with van der Waals surface area (Å²) >= 11 is 6.12. The van der Waals surface area contributed by atoms with Crippen LogP contribution in [0.1, 0.15) is 11.1 Å². The van der Waals surface area contributed by atoms with Crippen molar-refractivity contribution >= 4 is 33.2 Å². The maximum Gasteiger partial charge on any atom is 0.243 e. The minimum absolute atomic E-state index is 0.131. The molecule has 0 aliphatic carbocycles. The lowest BCUT2D eigenvalue weighted by atomic mass is 10.1. The predicted molar refractivity (Wildman–Crippen MR) is 135 cm³/mol. The Morgan fingerprint density at radius 1 is 0.912 bits per heavy atom. The highest BCUT2D eigenvalue weighted by molar-refractivity contribution is 7.89. The van der Waals surface area contributed by atoms with E-state index >= 15 is 0 Å². The van der Waals surface area contributed by atoms with E-state index in [1.54, 1.807) is 35.2 Å². The van der Waals surface area contributed by atoms with Gasteiger partial charge in [0.05, 0.1) is 11.4 Å². The fourth-order valence-corrected chi connectivity index (χ4v) is 5.59. The molecule has 0 bridgehead atoms. The van der Waals surface area contributed by atoms with Crippen molar-refractivity contribution in [2.24, 2.45) is 0 Å². The number of piperazine rings is 1. The highest BCUT2D eigenvalue weighted by Gasteiger charge is 2.30. The summed E-state index contributed by atoms with van der Waals surface area (Å²) in [6.45, 7) is 4.28.